The average molecular weight is 298 g/mol. The zero-order chi connectivity index (χ0) is 14.5. The van der Waals surface area contributed by atoms with Gasteiger partial charge in [0, 0.05) is 19.5 Å². The van der Waals surface area contributed by atoms with Gasteiger partial charge in [0.25, 0.3) is 0 Å². The van der Waals surface area contributed by atoms with Gasteiger partial charge in [-0.3, -0.25) is 9.69 Å². The molecule has 110 valence electrons. The van der Waals surface area contributed by atoms with Crippen LogP contribution in [0.1, 0.15) is 18.5 Å². The molecule has 4 N–H and O–H groups in total. The first kappa shape index (κ1) is 15.0. The monoisotopic (exact) mass is 297 g/mol. The van der Waals surface area contributed by atoms with Gasteiger partial charge < -0.3 is 10.7 Å². The van der Waals surface area contributed by atoms with Crippen molar-refractivity contribution >= 4 is 23.3 Å². The Kier molecular flexibility index (Phi) is 5.17. The van der Waals surface area contributed by atoms with E-state index in [2.05, 4.69) is 20.6 Å². The van der Waals surface area contributed by atoms with Gasteiger partial charge in [-0.25, -0.2) is 10.8 Å². The third-order valence-corrected chi connectivity index (χ3v) is 3.99. The van der Waals surface area contributed by atoms with Gasteiger partial charge in [0.15, 0.2) is 0 Å². The lowest BCUT2D eigenvalue weighted by Crippen LogP contribution is -2.39. The van der Waals surface area contributed by atoms with Gasteiger partial charge in [-0.2, -0.15) is 0 Å². The van der Waals surface area contributed by atoms with E-state index >= 15 is 0 Å². The predicted octanol–water partition coefficient (Wildman–Crippen LogP) is 0.979. The molecule has 1 fully saturated rings. The smallest absolute Gasteiger partial charge is 0.222 e. The summed E-state index contributed by atoms with van der Waals surface area (Å²) in [5, 5.41) is 3.35. The number of halogens is 1. The van der Waals surface area contributed by atoms with E-state index < -0.39 is 0 Å². The van der Waals surface area contributed by atoms with Crippen LogP contribution in [0.5, 0.6) is 0 Å². The van der Waals surface area contributed by atoms with Crippen molar-refractivity contribution in [3.63, 3.8) is 0 Å². The van der Waals surface area contributed by atoms with Crippen molar-refractivity contribution in [3.8, 4) is 0 Å². The second-order valence-corrected chi connectivity index (χ2v) is 5.34. The molecule has 0 bridgehead atoms. The number of carbonyl (C=O) groups excluding carboxylic acids is 1. The minimum Gasteiger partial charge on any atom is -0.359 e. The highest BCUT2D eigenvalue weighted by atomic mass is 35.5. The molecule has 0 radical (unpaired) electrons. The standard InChI is InChI=1S/C13H20ClN5O/c1-16-13(20)9-4-6-19(7-5-9)8-11-10(14)2-3-12(17-11)18-15/h2-3,9H,4-8,15H2,1H3,(H,16,20)(H,17,18). The summed E-state index contributed by atoms with van der Waals surface area (Å²) in [5.74, 6) is 6.21. The van der Waals surface area contributed by atoms with E-state index in [0.717, 1.165) is 31.6 Å². The van der Waals surface area contributed by atoms with Crippen LogP contribution in [-0.2, 0) is 11.3 Å². The van der Waals surface area contributed by atoms with Gasteiger partial charge in [0.2, 0.25) is 5.91 Å². The third kappa shape index (κ3) is 3.59. The van der Waals surface area contributed by atoms with Crippen molar-refractivity contribution in [2.24, 2.45) is 11.8 Å². The molecule has 0 unspecified atom stereocenters. The van der Waals surface area contributed by atoms with Crippen molar-refractivity contribution in [1.82, 2.24) is 15.2 Å². The summed E-state index contributed by atoms with van der Waals surface area (Å²) < 4.78 is 0. The van der Waals surface area contributed by atoms with Gasteiger partial charge >= 0.3 is 0 Å². The molecule has 1 amide bonds. The van der Waals surface area contributed by atoms with Gasteiger partial charge in [-0.15, -0.1) is 0 Å². The van der Waals surface area contributed by atoms with Crippen LogP contribution in [0.25, 0.3) is 0 Å². The number of piperidine rings is 1. The molecule has 20 heavy (non-hydrogen) atoms. The Bertz CT molecular complexity index is 474. The number of hydrogen-bond acceptors (Lipinski definition) is 5. The first-order chi connectivity index (χ1) is 9.63. The first-order valence-corrected chi connectivity index (χ1v) is 7.08. The molecule has 0 saturated carbocycles. The van der Waals surface area contributed by atoms with Crippen molar-refractivity contribution in [2.45, 2.75) is 19.4 Å². The summed E-state index contributed by atoms with van der Waals surface area (Å²) in [6.07, 6.45) is 1.73. The number of nitrogen functional groups attached to an aromatic ring is 1. The zero-order valence-corrected chi connectivity index (χ0v) is 12.3. The molecule has 2 rings (SSSR count). The fourth-order valence-electron chi connectivity index (χ4n) is 2.44. The SMILES string of the molecule is CNC(=O)C1CCN(Cc2nc(NN)ccc2Cl)CC1. The minimum absolute atomic E-state index is 0.122. The van der Waals surface area contributed by atoms with Gasteiger partial charge in [-0.05, 0) is 38.1 Å². The number of rotatable bonds is 4. The normalized spacial score (nSPS) is 16.9. The van der Waals surface area contributed by atoms with Crippen LogP contribution in [0.4, 0.5) is 5.82 Å². The van der Waals surface area contributed by atoms with E-state index in [0.29, 0.717) is 17.4 Å². The highest BCUT2D eigenvalue weighted by molar-refractivity contribution is 6.31. The Balaban J connectivity index is 1.94. The van der Waals surface area contributed by atoms with Crippen LogP contribution in [0, 0.1) is 5.92 Å². The molecule has 7 heteroatoms. The Morgan fingerprint density at radius 3 is 2.80 bits per heavy atom. The van der Waals surface area contributed by atoms with E-state index in [1.807, 2.05) is 0 Å². The molecule has 0 aromatic carbocycles. The van der Waals surface area contributed by atoms with E-state index in [-0.39, 0.29) is 11.8 Å². The molecule has 1 aromatic heterocycles. The van der Waals surface area contributed by atoms with E-state index in [1.54, 1.807) is 19.2 Å². The van der Waals surface area contributed by atoms with Crippen molar-refractivity contribution in [1.29, 1.82) is 0 Å². The number of nitrogens with two attached hydrogens (primary N) is 1. The summed E-state index contributed by atoms with van der Waals surface area (Å²) in [7, 11) is 1.68. The van der Waals surface area contributed by atoms with E-state index in [9.17, 15) is 4.79 Å². The number of hydrazine groups is 1. The van der Waals surface area contributed by atoms with Crippen LogP contribution >= 0.6 is 11.6 Å². The van der Waals surface area contributed by atoms with E-state index in [1.165, 1.54) is 0 Å². The number of aromatic nitrogens is 1. The van der Waals surface area contributed by atoms with Crippen LogP contribution in [-0.4, -0.2) is 35.9 Å². The fourth-order valence-corrected chi connectivity index (χ4v) is 2.61. The molecule has 6 nitrogen and oxygen atoms in total. The van der Waals surface area contributed by atoms with E-state index in [4.69, 9.17) is 17.4 Å². The second-order valence-electron chi connectivity index (χ2n) is 4.93. The molecule has 0 aliphatic carbocycles. The topological polar surface area (TPSA) is 83.3 Å². The van der Waals surface area contributed by atoms with Crippen LogP contribution in [0.2, 0.25) is 5.02 Å². The Morgan fingerprint density at radius 2 is 2.20 bits per heavy atom. The number of anilines is 1. The largest absolute Gasteiger partial charge is 0.359 e. The van der Waals surface area contributed by atoms with Crippen molar-refractivity contribution in [2.75, 3.05) is 25.6 Å². The molecule has 0 atom stereocenters. The molecule has 2 heterocycles. The molecule has 1 aromatic rings. The minimum atomic E-state index is 0.122. The summed E-state index contributed by atoms with van der Waals surface area (Å²) in [6.45, 7) is 2.42. The number of carbonyl (C=O) groups is 1. The third-order valence-electron chi connectivity index (χ3n) is 3.64. The lowest BCUT2D eigenvalue weighted by Gasteiger charge is -2.30. The Hall–Kier alpha value is -1.37. The Morgan fingerprint density at radius 1 is 1.50 bits per heavy atom. The van der Waals surface area contributed by atoms with Gasteiger partial charge in [0.05, 0.1) is 10.7 Å². The van der Waals surface area contributed by atoms with Gasteiger partial charge in [0.1, 0.15) is 5.82 Å². The number of pyridine rings is 1. The zero-order valence-electron chi connectivity index (χ0n) is 11.5. The maximum Gasteiger partial charge on any atom is 0.222 e. The lowest BCUT2D eigenvalue weighted by atomic mass is 9.96. The Labute approximate surface area is 123 Å². The summed E-state index contributed by atoms with van der Waals surface area (Å²) in [6, 6.07) is 3.53. The average Bonchev–Trinajstić information content (AvgIpc) is 2.49. The summed E-state index contributed by atoms with van der Waals surface area (Å²) >= 11 is 6.15. The quantitative estimate of drug-likeness (QED) is 0.570. The molecule has 1 saturated heterocycles. The number of nitrogens with one attached hydrogen (secondary N) is 2. The molecular weight excluding hydrogens is 278 g/mol. The number of likely N-dealkylation sites (tertiary alicyclic amines) is 1. The highest BCUT2D eigenvalue weighted by Gasteiger charge is 2.24. The first-order valence-electron chi connectivity index (χ1n) is 6.70. The van der Waals surface area contributed by atoms with Crippen LogP contribution < -0.4 is 16.6 Å². The highest BCUT2D eigenvalue weighted by Crippen LogP contribution is 2.22. The summed E-state index contributed by atoms with van der Waals surface area (Å²) in [4.78, 5) is 18.2. The second kappa shape index (κ2) is 6.88. The fraction of sp³-hybridized carbons (Fsp3) is 0.538. The van der Waals surface area contributed by atoms with Crippen LogP contribution in [0.15, 0.2) is 12.1 Å². The number of hydrogen-bond donors (Lipinski definition) is 3. The maximum atomic E-state index is 11.6. The lowest BCUT2D eigenvalue weighted by molar-refractivity contribution is -0.125. The maximum absolute atomic E-state index is 11.6. The number of amides is 1. The van der Waals surface area contributed by atoms with Crippen molar-refractivity contribution < 1.29 is 4.79 Å². The summed E-state index contributed by atoms with van der Waals surface area (Å²) in [5.41, 5.74) is 3.33. The van der Waals surface area contributed by atoms with Crippen LogP contribution in [0.3, 0.4) is 0 Å². The number of nitrogens with zero attached hydrogens (tertiary/aromatic N) is 2. The molecular formula is C13H20ClN5O. The molecule has 1 aliphatic rings. The molecule has 1 aliphatic heterocycles. The van der Waals surface area contributed by atoms with Crippen molar-refractivity contribution in [3.05, 3.63) is 22.8 Å². The van der Waals surface area contributed by atoms with Gasteiger partial charge in [-0.1, -0.05) is 11.6 Å². The molecule has 0 spiro atoms. The predicted molar refractivity (Wildman–Crippen MR) is 79.1 cm³/mol.